The first-order valence-corrected chi connectivity index (χ1v) is 11.1. The fourth-order valence-electron chi connectivity index (χ4n) is 2.98. The van der Waals surface area contributed by atoms with Crippen molar-refractivity contribution in [1.29, 1.82) is 0 Å². The zero-order chi connectivity index (χ0) is 22.5. The van der Waals surface area contributed by atoms with E-state index in [-0.39, 0.29) is 24.5 Å². The molecular formula is C26H33NO4. The highest BCUT2D eigenvalue weighted by atomic mass is 16.5. The molecule has 0 aliphatic rings. The number of hydrogen-bond acceptors (Lipinski definition) is 5. The molecule has 0 fully saturated rings. The van der Waals surface area contributed by atoms with Crippen LogP contribution in [0.5, 0.6) is 5.75 Å². The van der Waals surface area contributed by atoms with Gasteiger partial charge in [0, 0.05) is 12.0 Å². The van der Waals surface area contributed by atoms with Crippen LogP contribution in [0, 0.1) is 0 Å². The van der Waals surface area contributed by atoms with E-state index in [1.807, 2.05) is 37.3 Å². The number of aromatic nitrogens is 1. The first kappa shape index (κ1) is 24.3. The highest BCUT2D eigenvalue weighted by Gasteiger charge is 2.08. The number of pyridine rings is 1. The third-order valence-electron chi connectivity index (χ3n) is 4.85. The van der Waals surface area contributed by atoms with Gasteiger partial charge in [0.15, 0.2) is 0 Å². The van der Waals surface area contributed by atoms with Gasteiger partial charge in [0.2, 0.25) is 0 Å². The summed E-state index contributed by atoms with van der Waals surface area (Å²) >= 11 is 0. The summed E-state index contributed by atoms with van der Waals surface area (Å²) in [6, 6.07) is 11.8. The van der Waals surface area contributed by atoms with Crippen LogP contribution in [0.25, 0.3) is 11.3 Å². The van der Waals surface area contributed by atoms with Gasteiger partial charge in [-0.25, -0.2) is 0 Å². The third kappa shape index (κ3) is 9.16. The molecule has 0 aliphatic carbocycles. The molecule has 166 valence electrons. The van der Waals surface area contributed by atoms with Crippen molar-refractivity contribution < 1.29 is 19.1 Å². The molecule has 0 bridgehead atoms. The van der Waals surface area contributed by atoms with Crippen molar-refractivity contribution in [2.24, 2.45) is 0 Å². The summed E-state index contributed by atoms with van der Waals surface area (Å²) in [5, 5.41) is 0. The van der Waals surface area contributed by atoms with Crippen molar-refractivity contribution in [3.63, 3.8) is 0 Å². The molecule has 0 spiro atoms. The van der Waals surface area contributed by atoms with Crippen LogP contribution >= 0.6 is 0 Å². The number of aryl methyl sites for hydroxylation is 1. The summed E-state index contributed by atoms with van der Waals surface area (Å²) in [4.78, 5) is 27.6. The van der Waals surface area contributed by atoms with Gasteiger partial charge in [-0.1, -0.05) is 63.1 Å². The lowest BCUT2D eigenvalue weighted by Crippen LogP contribution is -2.14. The maximum absolute atomic E-state index is 11.9. The Morgan fingerprint density at radius 2 is 1.81 bits per heavy atom. The molecule has 1 aromatic heterocycles. The lowest BCUT2D eigenvalue weighted by Gasteiger charge is -2.12. The summed E-state index contributed by atoms with van der Waals surface area (Å²) in [5.41, 5.74) is 2.99. The molecule has 0 saturated carbocycles. The van der Waals surface area contributed by atoms with E-state index in [1.165, 1.54) is 5.56 Å². The van der Waals surface area contributed by atoms with Gasteiger partial charge in [-0.2, -0.15) is 0 Å². The van der Waals surface area contributed by atoms with Crippen molar-refractivity contribution in [2.75, 3.05) is 0 Å². The zero-order valence-corrected chi connectivity index (χ0v) is 18.8. The molecule has 1 heterocycles. The number of nitrogens with zero attached hydrogens (tertiary/aromatic N) is 1. The average molecular weight is 424 g/mol. The molecule has 0 saturated heterocycles. The molecular weight excluding hydrogens is 390 g/mol. The maximum Gasteiger partial charge on any atom is 0.315 e. The van der Waals surface area contributed by atoms with E-state index in [9.17, 15) is 9.59 Å². The Morgan fingerprint density at radius 3 is 2.45 bits per heavy atom. The fourth-order valence-corrected chi connectivity index (χ4v) is 2.98. The Kier molecular flexibility index (Phi) is 10.5. The van der Waals surface area contributed by atoms with Crippen LogP contribution in [0.15, 0.2) is 54.7 Å². The van der Waals surface area contributed by atoms with Gasteiger partial charge in [0.25, 0.3) is 0 Å². The first-order chi connectivity index (χ1) is 15.0. The molecule has 1 unspecified atom stereocenters. The molecule has 0 N–H and O–H groups in total. The molecule has 0 aliphatic heterocycles. The summed E-state index contributed by atoms with van der Waals surface area (Å²) in [6.45, 7) is 5.86. The summed E-state index contributed by atoms with van der Waals surface area (Å²) in [7, 11) is 0. The van der Waals surface area contributed by atoms with Gasteiger partial charge >= 0.3 is 11.9 Å². The highest BCUT2D eigenvalue weighted by Crippen LogP contribution is 2.21. The quantitative estimate of drug-likeness (QED) is 0.236. The molecule has 5 heteroatoms. The molecule has 1 aromatic carbocycles. The van der Waals surface area contributed by atoms with Gasteiger partial charge in [-0.05, 0) is 43.9 Å². The van der Waals surface area contributed by atoms with E-state index < -0.39 is 0 Å². The van der Waals surface area contributed by atoms with Gasteiger partial charge in [0.05, 0.1) is 24.4 Å². The second-order valence-corrected chi connectivity index (χ2v) is 7.56. The van der Waals surface area contributed by atoms with Gasteiger partial charge in [0.1, 0.15) is 5.75 Å². The predicted molar refractivity (Wildman–Crippen MR) is 123 cm³/mol. The second kappa shape index (κ2) is 13.4. The minimum absolute atomic E-state index is 0.0871. The number of unbranched alkanes of at least 4 members (excludes halogenated alkanes) is 2. The van der Waals surface area contributed by atoms with Gasteiger partial charge < -0.3 is 9.47 Å². The number of carbonyl (C=O) groups is 2. The molecule has 0 radical (unpaired) electrons. The zero-order valence-electron chi connectivity index (χ0n) is 18.8. The van der Waals surface area contributed by atoms with Gasteiger partial charge in [-0.15, -0.1) is 0 Å². The number of ether oxygens (including phenoxy) is 2. The number of benzene rings is 1. The summed E-state index contributed by atoms with van der Waals surface area (Å²) in [6.07, 6.45) is 10.9. The minimum Gasteiger partial charge on any atom is -0.463 e. The number of carbonyl (C=O) groups excluding carboxylic acids is 2. The van der Waals surface area contributed by atoms with E-state index in [2.05, 4.69) is 24.0 Å². The normalized spacial score (nSPS) is 12.0. The SMILES string of the molecule is CCCC/C=C\CC(=O)Oc1ccc(-c2ccc(CCC(C)OC(=O)CC)cc2)nc1. The van der Waals surface area contributed by atoms with Crippen molar-refractivity contribution in [2.45, 2.75) is 71.8 Å². The third-order valence-corrected chi connectivity index (χ3v) is 4.85. The van der Waals surface area contributed by atoms with Crippen LogP contribution in [-0.2, 0) is 20.7 Å². The van der Waals surface area contributed by atoms with Gasteiger partial charge in [-0.3, -0.25) is 14.6 Å². The number of rotatable bonds is 12. The Bertz CT molecular complexity index is 841. The molecule has 2 rings (SSSR count). The van der Waals surface area contributed by atoms with Crippen LogP contribution in [0.4, 0.5) is 0 Å². The Morgan fingerprint density at radius 1 is 1.03 bits per heavy atom. The smallest absolute Gasteiger partial charge is 0.315 e. The Balaban J connectivity index is 1.83. The Hall–Kier alpha value is -2.95. The van der Waals surface area contributed by atoms with E-state index in [4.69, 9.17) is 9.47 Å². The summed E-state index contributed by atoms with van der Waals surface area (Å²) < 4.78 is 10.6. The van der Waals surface area contributed by atoms with E-state index in [0.29, 0.717) is 12.2 Å². The average Bonchev–Trinajstić information content (AvgIpc) is 2.78. The van der Waals surface area contributed by atoms with E-state index in [0.717, 1.165) is 43.4 Å². The maximum atomic E-state index is 11.9. The van der Waals surface area contributed by atoms with Crippen LogP contribution in [0.3, 0.4) is 0 Å². The fraction of sp³-hybridized carbons (Fsp3) is 0.423. The largest absolute Gasteiger partial charge is 0.463 e. The lowest BCUT2D eigenvalue weighted by molar-refractivity contribution is -0.148. The monoisotopic (exact) mass is 423 g/mol. The molecule has 5 nitrogen and oxygen atoms in total. The topological polar surface area (TPSA) is 65.5 Å². The molecule has 31 heavy (non-hydrogen) atoms. The standard InChI is InChI=1S/C26H33NO4/c1-4-6-7-8-9-10-26(29)31-23-17-18-24(27-19-23)22-15-13-21(14-16-22)12-11-20(3)30-25(28)5-2/h8-9,13-20H,4-7,10-12H2,1-3H3/b9-8-. The summed E-state index contributed by atoms with van der Waals surface area (Å²) in [5.74, 6) is -0.0000687. The lowest BCUT2D eigenvalue weighted by atomic mass is 10.0. The van der Waals surface area contributed by atoms with Crippen molar-refractivity contribution in [3.05, 3.63) is 60.3 Å². The first-order valence-electron chi connectivity index (χ1n) is 11.1. The highest BCUT2D eigenvalue weighted by molar-refractivity contribution is 5.74. The number of esters is 2. The van der Waals surface area contributed by atoms with Crippen LogP contribution in [0.1, 0.15) is 64.9 Å². The predicted octanol–water partition coefficient (Wildman–Crippen LogP) is 6.06. The van der Waals surface area contributed by atoms with Crippen LogP contribution < -0.4 is 4.74 Å². The van der Waals surface area contributed by atoms with Crippen molar-refractivity contribution in [3.8, 4) is 17.0 Å². The number of hydrogen-bond donors (Lipinski definition) is 0. The second-order valence-electron chi connectivity index (χ2n) is 7.56. The Labute approximate surface area is 185 Å². The molecule has 0 amide bonds. The molecule has 1 atom stereocenters. The van der Waals surface area contributed by atoms with E-state index in [1.54, 1.807) is 19.2 Å². The van der Waals surface area contributed by atoms with Crippen molar-refractivity contribution in [1.82, 2.24) is 4.98 Å². The number of allylic oxidation sites excluding steroid dienone is 1. The minimum atomic E-state index is -0.287. The van der Waals surface area contributed by atoms with Crippen LogP contribution in [-0.4, -0.2) is 23.0 Å². The van der Waals surface area contributed by atoms with Crippen molar-refractivity contribution >= 4 is 11.9 Å². The van der Waals surface area contributed by atoms with Crippen LogP contribution in [0.2, 0.25) is 0 Å². The molecule has 2 aromatic rings. The van der Waals surface area contributed by atoms with E-state index >= 15 is 0 Å².